The molecule has 1 aromatic carbocycles. The van der Waals surface area contributed by atoms with Gasteiger partial charge in [-0.05, 0) is 44.0 Å². The summed E-state index contributed by atoms with van der Waals surface area (Å²) in [7, 11) is 1.67. The van der Waals surface area contributed by atoms with E-state index >= 15 is 0 Å². The Morgan fingerprint density at radius 3 is 2.96 bits per heavy atom. The van der Waals surface area contributed by atoms with Crippen LogP contribution in [0, 0.1) is 12.3 Å². The van der Waals surface area contributed by atoms with Crippen molar-refractivity contribution in [3.8, 4) is 23.8 Å². The number of fused-ring (bicyclic) bond motifs is 1. The van der Waals surface area contributed by atoms with E-state index in [4.69, 9.17) is 15.9 Å². The molecule has 124 valence electrons. The van der Waals surface area contributed by atoms with Gasteiger partial charge in [0.15, 0.2) is 11.5 Å². The third-order valence-electron chi connectivity index (χ3n) is 4.99. The van der Waals surface area contributed by atoms with Gasteiger partial charge in [0.05, 0.1) is 7.11 Å². The highest BCUT2D eigenvalue weighted by molar-refractivity contribution is 5.43. The first-order valence-corrected chi connectivity index (χ1v) is 8.42. The van der Waals surface area contributed by atoms with Crippen molar-refractivity contribution in [2.24, 2.45) is 0 Å². The average molecular weight is 314 g/mol. The van der Waals surface area contributed by atoms with Crippen LogP contribution in [-0.2, 0) is 6.54 Å². The van der Waals surface area contributed by atoms with E-state index in [0.717, 1.165) is 18.3 Å². The zero-order valence-corrected chi connectivity index (χ0v) is 14.1. The molecule has 1 aromatic rings. The van der Waals surface area contributed by atoms with Crippen LogP contribution in [0.5, 0.6) is 11.5 Å². The molecule has 0 aromatic heterocycles. The standard InChI is InChI=1S/C19H26N2O2/c1-4-10-23-18-8-7-16(11-19(18)22-3)13-21-14-17-6-5-9-20(17)12-15(21)2/h1,7-8,11,15,17H,5-6,9-10,12-14H2,2-3H3/t15-,17?/m1/s1. The second kappa shape index (κ2) is 7.25. The Balaban J connectivity index is 1.68. The van der Waals surface area contributed by atoms with Gasteiger partial charge in [-0.15, -0.1) is 6.42 Å². The summed E-state index contributed by atoms with van der Waals surface area (Å²) in [5, 5.41) is 0. The fourth-order valence-electron chi connectivity index (χ4n) is 3.75. The smallest absolute Gasteiger partial charge is 0.162 e. The summed E-state index contributed by atoms with van der Waals surface area (Å²) < 4.78 is 11.0. The summed E-state index contributed by atoms with van der Waals surface area (Å²) in [4.78, 5) is 5.24. The minimum absolute atomic E-state index is 0.260. The van der Waals surface area contributed by atoms with E-state index in [-0.39, 0.29) is 6.61 Å². The van der Waals surface area contributed by atoms with Crippen molar-refractivity contribution in [3.05, 3.63) is 23.8 Å². The number of benzene rings is 1. The van der Waals surface area contributed by atoms with Gasteiger partial charge in [-0.1, -0.05) is 12.0 Å². The van der Waals surface area contributed by atoms with Gasteiger partial charge in [0, 0.05) is 31.7 Å². The second-order valence-electron chi connectivity index (χ2n) is 6.55. The largest absolute Gasteiger partial charge is 0.493 e. The Hall–Kier alpha value is -1.70. The van der Waals surface area contributed by atoms with E-state index in [1.165, 1.54) is 38.0 Å². The first-order chi connectivity index (χ1) is 11.2. The Kier molecular flexibility index (Phi) is 5.09. The topological polar surface area (TPSA) is 24.9 Å². The fraction of sp³-hybridized carbons (Fsp3) is 0.579. The van der Waals surface area contributed by atoms with Gasteiger partial charge in [-0.2, -0.15) is 0 Å². The number of ether oxygens (including phenoxy) is 2. The van der Waals surface area contributed by atoms with Gasteiger partial charge < -0.3 is 9.47 Å². The predicted octanol–water partition coefficient (Wildman–Crippen LogP) is 2.38. The van der Waals surface area contributed by atoms with Gasteiger partial charge in [-0.25, -0.2) is 0 Å². The normalized spacial score (nSPS) is 24.9. The van der Waals surface area contributed by atoms with Crippen molar-refractivity contribution in [3.63, 3.8) is 0 Å². The second-order valence-corrected chi connectivity index (χ2v) is 6.55. The number of hydrogen-bond donors (Lipinski definition) is 0. The van der Waals surface area contributed by atoms with Crippen molar-refractivity contribution < 1.29 is 9.47 Å². The Bertz CT molecular complexity index is 581. The molecule has 2 aliphatic rings. The first-order valence-electron chi connectivity index (χ1n) is 8.42. The van der Waals surface area contributed by atoms with Crippen molar-refractivity contribution in [1.29, 1.82) is 0 Å². The molecule has 0 radical (unpaired) electrons. The summed E-state index contributed by atoms with van der Waals surface area (Å²) in [6.45, 7) is 7.17. The summed E-state index contributed by atoms with van der Waals surface area (Å²) in [5.74, 6) is 3.95. The molecule has 2 atom stereocenters. The molecular formula is C19H26N2O2. The number of methoxy groups -OCH3 is 1. The lowest BCUT2D eigenvalue weighted by Crippen LogP contribution is -2.54. The molecule has 2 fully saturated rings. The highest BCUT2D eigenvalue weighted by Gasteiger charge is 2.34. The van der Waals surface area contributed by atoms with Crippen LogP contribution in [0.1, 0.15) is 25.3 Å². The molecule has 2 saturated heterocycles. The number of piperazine rings is 1. The maximum absolute atomic E-state index is 5.52. The SMILES string of the molecule is C#CCOc1ccc(CN2CC3CCCN3C[C@H]2C)cc1OC. The van der Waals surface area contributed by atoms with Crippen LogP contribution in [0.3, 0.4) is 0 Å². The molecule has 0 spiro atoms. The zero-order valence-electron chi connectivity index (χ0n) is 14.1. The van der Waals surface area contributed by atoms with E-state index in [1.54, 1.807) is 7.11 Å². The molecule has 1 unspecified atom stereocenters. The van der Waals surface area contributed by atoms with Gasteiger partial charge in [0.1, 0.15) is 6.61 Å². The first kappa shape index (κ1) is 16.2. The molecule has 2 aliphatic heterocycles. The molecule has 0 amide bonds. The van der Waals surface area contributed by atoms with Crippen molar-refractivity contribution in [1.82, 2.24) is 9.80 Å². The molecule has 4 heteroatoms. The van der Waals surface area contributed by atoms with Crippen molar-refractivity contribution >= 4 is 0 Å². The predicted molar refractivity (Wildman–Crippen MR) is 91.8 cm³/mol. The highest BCUT2D eigenvalue weighted by atomic mass is 16.5. The van der Waals surface area contributed by atoms with E-state index < -0.39 is 0 Å². The summed E-state index contributed by atoms with van der Waals surface area (Å²) >= 11 is 0. The number of nitrogens with zero attached hydrogens (tertiary/aromatic N) is 2. The van der Waals surface area contributed by atoms with Crippen LogP contribution in [0.2, 0.25) is 0 Å². The molecule has 3 rings (SSSR count). The summed E-state index contributed by atoms with van der Waals surface area (Å²) in [5.41, 5.74) is 1.26. The van der Waals surface area contributed by atoms with Crippen molar-refractivity contribution in [2.45, 2.75) is 38.4 Å². The van der Waals surface area contributed by atoms with Gasteiger partial charge in [0.2, 0.25) is 0 Å². The molecule has 23 heavy (non-hydrogen) atoms. The van der Waals surface area contributed by atoms with Gasteiger partial charge in [-0.3, -0.25) is 9.80 Å². The van der Waals surface area contributed by atoms with Crippen LogP contribution in [-0.4, -0.2) is 55.2 Å². The fourth-order valence-corrected chi connectivity index (χ4v) is 3.75. The van der Waals surface area contributed by atoms with E-state index in [2.05, 4.69) is 34.8 Å². The Labute approximate surface area is 139 Å². The molecule has 4 nitrogen and oxygen atoms in total. The lowest BCUT2D eigenvalue weighted by atomic mass is 10.1. The molecule has 0 aliphatic carbocycles. The van der Waals surface area contributed by atoms with E-state index in [9.17, 15) is 0 Å². The summed E-state index contributed by atoms with van der Waals surface area (Å²) in [6.07, 6.45) is 7.94. The lowest BCUT2D eigenvalue weighted by molar-refractivity contribution is 0.0540. The number of hydrogen-bond acceptors (Lipinski definition) is 4. The van der Waals surface area contributed by atoms with Crippen LogP contribution in [0.25, 0.3) is 0 Å². The van der Waals surface area contributed by atoms with Gasteiger partial charge in [0.25, 0.3) is 0 Å². The molecular weight excluding hydrogens is 288 g/mol. The van der Waals surface area contributed by atoms with Crippen LogP contribution >= 0.6 is 0 Å². The Morgan fingerprint density at radius 1 is 1.30 bits per heavy atom. The number of terminal acetylenes is 1. The molecule has 0 bridgehead atoms. The lowest BCUT2D eigenvalue weighted by Gasteiger charge is -2.42. The maximum Gasteiger partial charge on any atom is 0.162 e. The van der Waals surface area contributed by atoms with Gasteiger partial charge >= 0.3 is 0 Å². The van der Waals surface area contributed by atoms with Crippen molar-refractivity contribution in [2.75, 3.05) is 33.4 Å². The van der Waals surface area contributed by atoms with E-state index in [0.29, 0.717) is 11.8 Å². The summed E-state index contributed by atoms with van der Waals surface area (Å²) in [6, 6.07) is 7.48. The zero-order chi connectivity index (χ0) is 16.2. The quantitative estimate of drug-likeness (QED) is 0.779. The van der Waals surface area contributed by atoms with Crippen LogP contribution in [0.4, 0.5) is 0 Å². The monoisotopic (exact) mass is 314 g/mol. The third-order valence-corrected chi connectivity index (χ3v) is 4.99. The molecule has 0 N–H and O–H groups in total. The Morgan fingerprint density at radius 2 is 2.17 bits per heavy atom. The minimum atomic E-state index is 0.260. The number of rotatable bonds is 5. The maximum atomic E-state index is 5.52. The van der Waals surface area contributed by atoms with Crippen LogP contribution < -0.4 is 9.47 Å². The average Bonchev–Trinajstić information content (AvgIpc) is 3.00. The minimum Gasteiger partial charge on any atom is -0.493 e. The molecule has 0 saturated carbocycles. The molecule has 2 heterocycles. The van der Waals surface area contributed by atoms with Crippen LogP contribution in [0.15, 0.2) is 18.2 Å². The third kappa shape index (κ3) is 3.63. The van der Waals surface area contributed by atoms with E-state index in [1.807, 2.05) is 6.07 Å². The highest BCUT2D eigenvalue weighted by Crippen LogP contribution is 2.30.